The average Bonchev–Trinajstić information content (AvgIpc) is 1.76. The lowest BCUT2D eigenvalue weighted by atomic mass is 10.8. The summed E-state index contributed by atoms with van der Waals surface area (Å²) in [7, 11) is 0. The zero-order chi connectivity index (χ0) is 3.54. The molecule has 0 aliphatic carbocycles. The van der Waals surface area contributed by atoms with E-state index >= 15 is 0 Å². The van der Waals surface area contributed by atoms with Crippen molar-refractivity contribution in [3.8, 4) is 0 Å². The summed E-state index contributed by atoms with van der Waals surface area (Å²) in [6.07, 6.45) is 0. The summed E-state index contributed by atoms with van der Waals surface area (Å²) in [5, 5.41) is 0. The molecule has 3 heteroatoms. The Labute approximate surface area is 36.8 Å². The largest absolute Gasteiger partial charge is 0.353 e. The maximum Gasteiger partial charge on any atom is 0.146 e. The maximum atomic E-state index is 4.72. The smallest absolute Gasteiger partial charge is 0.146 e. The third kappa shape index (κ3) is 1.35. The van der Waals surface area contributed by atoms with Gasteiger partial charge in [-0.25, -0.2) is 0 Å². The highest BCUT2D eigenvalue weighted by atomic mass is 16.7. The molecule has 1 rings (SSSR count). The van der Waals surface area contributed by atoms with Crippen LogP contribution < -0.4 is 6.15 Å². The van der Waals surface area contributed by atoms with E-state index in [0.717, 1.165) is 13.2 Å². The predicted octanol–water partition coefficient (Wildman–Crippen LogP) is 0.153. The second-order valence-corrected chi connectivity index (χ2v) is 0.934. The van der Waals surface area contributed by atoms with E-state index in [4.69, 9.17) is 9.47 Å². The summed E-state index contributed by atoms with van der Waals surface area (Å²) < 4.78 is 9.44. The first-order valence-electron chi connectivity index (χ1n) is 1.65. The van der Waals surface area contributed by atoms with Crippen LogP contribution in [0.1, 0.15) is 0 Å². The third-order valence-electron chi connectivity index (χ3n) is 0.539. The van der Waals surface area contributed by atoms with Crippen LogP contribution in [-0.4, -0.2) is 20.0 Å². The zero-order valence-electron chi connectivity index (χ0n) is 3.64. The van der Waals surface area contributed by atoms with Crippen LogP contribution in [0, 0.1) is 0 Å². The molecule has 0 spiro atoms. The molecule has 1 saturated heterocycles. The summed E-state index contributed by atoms with van der Waals surface area (Å²) in [4.78, 5) is 0. The molecule has 3 N–H and O–H groups in total. The van der Waals surface area contributed by atoms with Gasteiger partial charge in [0.25, 0.3) is 0 Å². The minimum atomic E-state index is 0. The van der Waals surface area contributed by atoms with Crippen LogP contribution in [0.2, 0.25) is 0 Å². The second kappa shape index (κ2) is 3.08. The number of hydrogen-bond acceptors (Lipinski definition) is 3. The van der Waals surface area contributed by atoms with Gasteiger partial charge in [-0.15, -0.1) is 0 Å². The minimum absolute atomic E-state index is 0. The minimum Gasteiger partial charge on any atom is -0.353 e. The van der Waals surface area contributed by atoms with Gasteiger partial charge in [-0.1, -0.05) is 0 Å². The molecule has 0 aromatic rings. The molecule has 3 nitrogen and oxygen atoms in total. The van der Waals surface area contributed by atoms with Crippen LogP contribution >= 0.6 is 0 Å². The Bertz CT molecular complexity index is 20.4. The van der Waals surface area contributed by atoms with Gasteiger partial charge in [0.2, 0.25) is 0 Å². The highest BCUT2D eigenvalue weighted by molar-refractivity contribution is 4.28. The van der Waals surface area contributed by atoms with Crippen LogP contribution in [0.3, 0.4) is 0 Å². The maximum absolute atomic E-state index is 4.72. The standard InChI is InChI=1S/C3H6O2.H3N/c1-2-5-3-4-1;/h1-3H2;1H3. The molecule has 0 atom stereocenters. The summed E-state index contributed by atoms with van der Waals surface area (Å²) >= 11 is 0. The number of ether oxygens (including phenoxy) is 2. The van der Waals surface area contributed by atoms with Crippen molar-refractivity contribution in [2.45, 2.75) is 0 Å². The molecule has 0 radical (unpaired) electrons. The Morgan fingerprint density at radius 1 is 1.00 bits per heavy atom. The second-order valence-electron chi connectivity index (χ2n) is 0.934. The van der Waals surface area contributed by atoms with Gasteiger partial charge in [-0.2, -0.15) is 0 Å². The lowest BCUT2D eigenvalue weighted by Gasteiger charge is -1.76. The van der Waals surface area contributed by atoms with Gasteiger partial charge >= 0.3 is 0 Å². The first-order valence-corrected chi connectivity index (χ1v) is 1.65. The quantitative estimate of drug-likeness (QED) is 0.461. The van der Waals surface area contributed by atoms with Gasteiger partial charge in [-0.3, -0.25) is 0 Å². The molecular formula is C3H9NO2. The van der Waals surface area contributed by atoms with E-state index in [-0.39, 0.29) is 6.15 Å². The molecule has 0 saturated carbocycles. The van der Waals surface area contributed by atoms with Crippen LogP contribution in [0.15, 0.2) is 0 Å². The fourth-order valence-electron chi connectivity index (χ4n) is 0.295. The average molecular weight is 91.1 g/mol. The summed E-state index contributed by atoms with van der Waals surface area (Å²) in [5.41, 5.74) is 0. The van der Waals surface area contributed by atoms with Gasteiger partial charge in [0.05, 0.1) is 13.2 Å². The molecule has 0 aromatic carbocycles. The Balaban J connectivity index is 0.000000250. The molecular weight excluding hydrogens is 82.0 g/mol. The van der Waals surface area contributed by atoms with Crippen molar-refractivity contribution in [1.29, 1.82) is 0 Å². The van der Waals surface area contributed by atoms with Crippen molar-refractivity contribution in [3.63, 3.8) is 0 Å². The molecule has 0 aromatic heterocycles. The molecule has 1 aliphatic heterocycles. The highest BCUT2D eigenvalue weighted by Crippen LogP contribution is 1.85. The van der Waals surface area contributed by atoms with Crippen molar-refractivity contribution in [2.75, 3.05) is 20.0 Å². The van der Waals surface area contributed by atoms with E-state index < -0.39 is 0 Å². The van der Waals surface area contributed by atoms with E-state index in [1.165, 1.54) is 0 Å². The Hall–Kier alpha value is -0.120. The van der Waals surface area contributed by atoms with E-state index in [0.29, 0.717) is 6.79 Å². The molecule has 0 unspecified atom stereocenters. The third-order valence-corrected chi connectivity index (χ3v) is 0.539. The fourth-order valence-corrected chi connectivity index (χ4v) is 0.295. The van der Waals surface area contributed by atoms with Crippen molar-refractivity contribution in [2.24, 2.45) is 0 Å². The monoisotopic (exact) mass is 91.1 g/mol. The van der Waals surface area contributed by atoms with Gasteiger partial charge in [0.15, 0.2) is 0 Å². The lowest BCUT2D eigenvalue weighted by Crippen LogP contribution is -1.79. The topological polar surface area (TPSA) is 53.5 Å². The SMILES string of the molecule is C1COCO1.N. The van der Waals surface area contributed by atoms with Crippen LogP contribution in [0.4, 0.5) is 0 Å². The van der Waals surface area contributed by atoms with E-state index in [2.05, 4.69) is 0 Å². The number of rotatable bonds is 0. The summed E-state index contributed by atoms with van der Waals surface area (Å²) in [6.45, 7) is 2.06. The van der Waals surface area contributed by atoms with Gasteiger partial charge < -0.3 is 15.6 Å². The zero-order valence-corrected chi connectivity index (χ0v) is 3.64. The van der Waals surface area contributed by atoms with Gasteiger partial charge in [-0.05, 0) is 0 Å². The number of hydrogen-bond donors (Lipinski definition) is 1. The van der Waals surface area contributed by atoms with Crippen molar-refractivity contribution >= 4 is 0 Å². The van der Waals surface area contributed by atoms with Crippen LogP contribution in [0.5, 0.6) is 0 Å². The first kappa shape index (κ1) is 5.88. The van der Waals surface area contributed by atoms with Crippen molar-refractivity contribution in [3.05, 3.63) is 0 Å². The van der Waals surface area contributed by atoms with Gasteiger partial charge in [0, 0.05) is 0 Å². The van der Waals surface area contributed by atoms with Crippen molar-refractivity contribution < 1.29 is 9.47 Å². The summed E-state index contributed by atoms with van der Waals surface area (Å²) in [5.74, 6) is 0. The normalized spacial score (nSPS) is 20.0. The van der Waals surface area contributed by atoms with E-state index in [1.54, 1.807) is 0 Å². The fraction of sp³-hybridized carbons (Fsp3) is 1.00. The Morgan fingerprint density at radius 2 is 1.50 bits per heavy atom. The van der Waals surface area contributed by atoms with Crippen LogP contribution in [0.25, 0.3) is 0 Å². The molecule has 1 aliphatic rings. The molecule has 0 amide bonds. The van der Waals surface area contributed by atoms with E-state index in [9.17, 15) is 0 Å². The molecule has 6 heavy (non-hydrogen) atoms. The first-order chi connectivity index (χ1) is 2.50. The molecule has 38 valence electrons. The molecule has 0 bridgehead atoms. The van der Waals surface area contributed by atoms with Crippen molar-refractivity contribution in [1.82, 2.24) is 6.15 Å². The highest BCUT2D eigenvalue weighted by Gasteiger charge is 1.93. The van der Waals surface area contributed by atoms with Gasteiger partial charge in [0.1, 0.15) is 6.79 Å². The lowest BCUT2D eigenvalue weighted by molar-refractivity contribution is 0.0692. The Morgan fingerprint density at radius 3 is 1.67 bits per heavy atom. The van der Waals surface area contributed by atoms with E-state index in [1.807, 2.05) is 0 Å². The predicted molar refractivity (Wildman–Crippen MR) is 21.8 cm³/mol. The Kier molecular flexibility index (Phi) is 3.02. The molecule has 1 fully saturated rings. The summed E-state index contributed by atoms with van der Waals surface area (Å²) in [6, 6.07) is 0. The van der Waals surface area contributed by atoms with Crippen LogP contribution in [-0.2, 0) is 9.47 Å². The molecule has 1 heterocycles.